The molecule has 1 aliphatic heterocycles. The van der Waals surface area contributed by atoms with Gasteiger partial charge in [0.25, 0.3) is 5.69 Å². The van der Waals surface area contributed by atoms with Crippen LogP contribution in [0.1, 0.15) is 23.3 Å². The summed E-state index contributed by atoms with van der Waals surface area (Å²) in [4.78, 5) is 10.3. The van der Waals surface area contributed by atoms with Gasteiger partial charge >= 0.3 is 0 Å². The summed E-state index contributed by atoms with van der Waals surface area (Å²) in [6.07, 6.45) is -0.0412. The molecule has 1 saturated heterocycles. The van der Waals surface area contributed by atoms with E-state index < -0.39 is 0 Å². The van der Waals surface area contributed by atoms with Gasteiger partial charge in [0.15, 0.2) is 0 Å². The van der Waals surface area contributed by atoms with Crippen molar-refractivity contribution in [3.05, 3.63) is 75.8 Å². The third-order valence-corrected chi connectivity index (χ3v) is 3.03. The Labute approximate surface area is 104 Å². The number of nitrogens with zero attached hydrogens (tertiary/aromatic N) is 1. The van der Waals surface area contributed by atoms with Gasteiger partial charge in [-0.3, -0.25) is 10.1 Å². The van der Waals surface area contributed by atoms with E-state index in [4.69, 9.17) is 4.74 Å². The maximum Gasteiger partial charge on any atom is 0.269 e. The third-order valence-electron chi connectivity index (χ3n) is 3.03. The van der Waals surface area contributed by atoms with E-state index in [1.165, 1.54) is 6.07 Å². The van der Waals surface area contributed by atoms with E-state index in [1.54, 1.807) is 12.1 Å². The molecule has 18 heavy (non-hydrogen) atoms. The average Bonchev–Trinajstić information content (AvgIpc) is 3.20. The van der Waals surface area contributed by atoms with Gasteiger partial charge in [-0.05, 0) is 11.1 Å². The summed E-state index contributed by atoms with van der Waals surface area (Å²) in [5, 5.41) is 10.7. The van der Waals surface area contributed by atoms with Crippen molar-refractivity contribution in [2.24, 2.45) is 0 Å². The van der Waals surface area contributed by atoms with E-state index in [-0.39, 0.29) is 22.8 Å². The smallest absolute Gasteiger partial charge is 0.269 e. The molecule has 0 aliphatic carbocycles. The number of ether oxygens (including phenoxy) is 1. The Bertz CT molecular complexity index is 583. The Morgan fingerprint density at radius 2 is 1.61 bits per heavy atom. The molecule has 0 amide bonds. The Hall–Kier alpha value is -2.20. The lowest BCUT2D eigenvalue weighted by atomic mass is 10.0. The highest BCUT2D eigenvalue weighted by atomic mass is 16.6. The molecule has 1 fully saturated rings. The molecule has 0 saturated carbocycles. The van der Waals surface area contributed by atoms with Crippen LogP contribution in [0.2, 0.25) is 0 Å². The highest BCUT2D eigenvalue weighted by Gasteiger charge is 2.41. The van der Waals surface area contributed by atoms with Crippen LogP contribution in [-0.4, -0.2) is 4.92 Å². The fourth-order valence-electron chi connectivity index (χ4n) is 2.08. The number of benzene rings is 2. The lowest BCUT2D eigenvalue weighted by molar-refractivity contribution is -0.384. The minimum absolute atomic E-state index is 0.0215. The summed E-state index contributed by atoms with van der Waals surface area (Å²) < 4.78 is 5.60. The molecule has 0 bridgehead atoms. The molecule has 0 N–H and O–H groups in total. The minimum atomic E-state index is -0.386. The summed E-state index contributed by atoms with van der Waals surface area (Å²) >= 11 is 0. The first-order valence-corrected chi connectivity index (χ1v) is 5.70. The summed E-state index contributed by atoms with van der Waals surface area (Å²) in [7, 11) is 0. The average molecular weight is 241 g/mol. The summed E-state index contributed by atoms with van der Waals surface area (Å²) in [6.45, 7) is 0. The summed E-state index contributed by atoms with van der Waals surface area (Å²) in [6, 6.07) is 16.5. The van der Waals surface area contributed by atoms with Crippen molar-refractivity contribution in [3.8, 4) is 0 Å². The van der Waals surface area contributed by atoms with Crippen LogP contribution < -0.4 is 0 Å². The Morgan fingerprint density at radius 3 is 2.33 bits per heavy atom. The first kappa shape index (κ1) is 10.9. The number of rotatable bonds is 3. The van der Waals surface area contributed by atoms with Crippen LogP contribution in [-0.2, 0) is 4.74 Å². The fraction of sp³-hybridized carbons (Fsp3) is 0.143. The van der Waals surface area contributed by atoms with Crippen LogP contribution in [0.3, 0.4) is 0 Å². The summed E-state index contributed by atoms with van der Waals surface area (Å²) in [5.41, 5.74) is 2.07. The zero-order valence-electron chi connectivity index (χ0n) is 9.52. The van der Waals surface area contributed by atoms with Crippen LogP contribution in [0.15, 0.2) is 54.6 Å². The van der Waals surface area contributed by atoms with Gasteiger partial charge < -0.3 is 4.74 Å². The largest absolute Gasteiger partial charge is 0.359 e. The molecule has 1 aliphatic rings. The van der Waals surface area contributed by atoms with Gasteiger partial charge in [-0.25, -0.2) is 0 Å². The van der Waals surface area contributed by atoms with E-state index in [9.17, 15) is 10.1 Å². The SMILES string of the molecule is O=[N+]([O-])c1cccc([C@@H]2O[C@H]2c2ccccc2)c1. The van der Waals surface area contributed by atoms with Gasteiger partial charge in [0.05, 0.1) is 4.92 Å². The molecule has 0 radical (unpaired) electrons. The minimum Gasteiger partial charge on any atom is -0.359 e. The van der Waals surface area contributed by atoms with E-state index in [2.05, 4.69) is 0 Å². The maximum absolute atomic E-state index is 10.7. The number of non-ortho nitro benzene ring substituents is 1. The topological polar surface area (TPSA) is 55.7 Å². The number of nitro groups is 1. The molecule has 0 aromatic heterocycles. The third kappa shape index (κ3) is 1.98. The normalized spacial score (nSPS) is 21.6. The molecule has 3 rings (SSSR count). The lowest BCUT2D eigenvalue weighted by Crippen LogP contribution is -1.90. The second-order valence-electron chi connectivity index (χ2n) is 4.24. The predicted octanol–water partition coefficient (Wildman–Crippen LogP) is 3.41. The van der Waals surface area contributed by atoms with E-state index >= 15 is 0 Å². The Balaban J connectivity index is 1.82. The van der Waals surface area contributed by atoms with Crippen molar-refractivity contribution in [2.75, 3.05) is 0 Å². The molecule has 0 spiro atoms. The first-order valence-electron chi connectivity index (χ1n) is 5.70. The van der Waals surface area contributed by atoms with Gasteiger partial charge in [0.2, 0.25) is 0 Å². The molecule has 2 atom stereocenters. The molecule has 2 aromatic rings. The predicted molar refractivity (Wildman–Crippen MR) is 66.1 cm³/mol. The molecule has 0 unspecified atom stereocenters. The number of hydrogen-bond acceptors (Lipinski definition) is 3. The van der Waals surface area contributed by atoms with Crippen molar-refractivity contribution in [3.63, 3.8) is 0 Å². The van der Waals surface area contributed by atoms with Crippen LogP contribution >= 0.6 is 0 Å². The van der Waals surface area contributed by atoms with E-state index in [1.807, 2.05) is 36.4 Å². The van der Waals surface area contributed by atoms with Gasteiger partial charge in [-0.2, -0.15) is 0 Å². The van der Waals surface area contributed by atoms with Crippen LogP contribution in [0, 0.1) is 10.1 Å². The molecular formula is C14H11NO3. The fourth-order valence-corrected chi connectivity index (χ4v) is 2.08. The standard InChI is InChI=1S/C14H11NO3/c16-15(17)12-8-4-7-11(9-12)14-13(18-14)10-5-2-1-3-6-10/h1-9,13-14H/t13-,14-/m0/s1. The van der Waals surface area contributed by atoms with Crippen LogP contribution in [0.5, 0.6) is 0 Å². The summed E-state index contributed by atoms with van der Waals surface area (Å²) in [5.74, 6) is 0. The molecule has 90 valence electrons. The Morgan fingerprint density at radius 1 is 0.944 bits per heavy atom. The van der Waals surface area contributed by atoms with Crippen molar-refractivity contribution in [1.29, 1.82) is 0 Å². The maximum atomic E-state index is 10.7. The molecule has 4 nitrogen and oxygen atoms in total. The van der Waals surface area contributed by atoms with Crippen molar-refractivity contribution < 1.29 is 9.66 Å². The zero-order valence-corrected chi connectivity index (χ0v) is 9.52. The molecular weight excluding hydrogens is 230 g/mol. The second-order valence-corrected chi connectivity index (χ2v) is 4.24. The van der Waals surface area contributed by atoms with Crippen LogP contribution in [0.25, 0.3) is 0 Å². The number of epoxide rings is 1. The highest BCUT2D eigenvalue weighted by Crippen LogP contribution is 2.51. The van der Waals surface area contributed by atoms with Gasteiger partial charge in [-0.15, -0.1) is 0 Å². The molecule has 1 heterocycles. The highest BCUT2D eigenvalue weighted by molar-refractivity contribution is 5.38. The monoisotopic (exact) mass is 241 g/mol. The van der Waals surface area contributed by atoms with E-state index in [0.717, 1.165) is 11.1 Å². The van der Waals surface area contributed by atoms with Gasteiger partial charge in [-0.1, -0.05) is 42.5 Å². The van der Waals surface area contributed by atoms with Gasteiger partial charge in [0, 0.05) is 12.1 Å². The van der Waals surface area contributed by atoms with E-state index in [0.29, 0.717) is 0 Å². The van der Waals surface area contributed by atoms with Crippen molar-refractivity contribution >= 4 is 5.69 Å². The second kappa shape index (κ2) is 4.23. The quantitative estimate of drug-likeness (QED) is 0.470. The number of hydrogen-bond donors (Lipinski definition) is 0. The Kier molecular flexibility index (Phi) is 2.57. The van der Waals surface area contributed by atoms with Crippen molar-refractivity contribution in [2.45, 2.75) is 12.2 Å². The molecule has 2 aromatic carbocycles. The lowest BCUT2D eigenvalue weighted by Gasteiger charge is -1.97. The molecule has 4 heteroatoms. The zero-order chi connectivity index (χ0) is 12.5. The van der Waals surface area contributed by atoms with Crippen molar-refractivity contribution in [1.82, 2.24) is 0 Å². The first-order chi connectivity index (χ1) is 8.75. The van der Waals surface area contributed by atoms with Crippen LogP contribution in [0.4, 0.5) is 5.69 Å². The van der Waals surface area contributed by atoms with Gasteiger partial charge in [0.1, 0.15) is 12.2 Å². The number of nitro benzene ring substituents is 1.